The number of carbonyl (C=O) groups excluding carboxylic acids is 1. The summed E-state index contributed by atoms with van der Waals surface area (Å²) in [5.41, 5.74) is 1.93. The largest absolute Gasteiger partial charge is 0.369 e. The molecule has 2 bridgehead atoms. The van der Waals surface area contributed by atoms with Gasteiger partial charge < -0.3 is 4.90 Å². The van der Waals surface area contributed by atoms with Crippen molar-refractivity contribution in [2.24, 2.45) is 5.92 Å². The van der Waals surface area contributed by atoms with E-state index in [1.165, 1.54) is 0 Å². The van der Waals surface area contributed by atoms with Gasteiger partial charge in [0.15, 0.2) is 5.78 Å². The van der Waals surface area contributed by atoms with Crippen molar-refractivity contribution in [3.8, 4) is 0 Å². The number of Topliss-reactive ketones (excluding diaryl/α,β-unsaturated/α-hetero) is 1. The van der Waals surface area contributed by atoms with E-state index in [0.717, 1.165) is 42.2 Å². The Bertz CT molecular complexity index is 470. The third-order valence-electron chi connectivity index (χ3n) is 3.63. The number of hydrogen-bond donors (Lipinski definition) is 0. The van der Waals surface area contributed by atoms with E-state index in [-0.39, 0.29) is 5.92 Å². The molecule has 88 valence electrons. The monoisotopic (exact) mass is 247 g/mol. The van der Waals surface area contributed by atoms with Crippen LogP contribution in [0.15, 0.2) is 30.0 Å². The Hall–Kier alpha value is -1.28. The van der Waals surface area contributed by atoms with E-state index in [0.29, 0.717) is 5.78 Å². The highest BCUT2D eigenvalue weighted by Crippen LogP contribution is 2.32. The lowest BCUT2D eigenvalue weighted by Crippen LogP contribution is -2.45. The van der Waals surface area contributed by atoms with Crippen molar-refractivity contribution >= 4 is 23.5 Å². The number of nitrogens with zero attached hydrogens (tertiary/aromatic N) is 1. The van der Waals surface area contributed by atoms with Crippen molar-refractivity contribution < 1.29 is 4.79 Å². The van der Waals surface area contributed by atoms with Gasteiger partial charge in [0.05, 0.1) is 5.70 Å². The second-order valence-electron chi connectivity index (χ2n) is 4.71. The number of rotatable bonds is 1. The molecule has 3 aliphatic heterocycles. The molecule has 0 radical (unpaired) electrons. The molecule has 3 heteroatoms. The highest BCUT2D eigenvalue weighted by Gasteiger charge is 2.36. The maximum Gasteiger partial charge on any atom is 0.182 e. The lowest BCUT2D eigenvalue weighted by atomic mass is 9.84. The molecule has 3 heterocycles. The van der Waals surface area contributed by atoms with Crippen LogP contribution in [0.25, 0.3) is 6.08 Å². The smallest absolute Gasteiger partial charge is 0.182 e. The van der Waals surface area contributed by atoms with Gasteiger partial charge in [0.25, 0.3) is 0 Å². The Kier molecular flexibility index (Phi) is 2.67. The second-order valence-corrected chi connectivity index (χ2v) is 5.14. The van der Waals surface area contributed by atoms with Crippen molar-refractivity contribution in [2.45, 2.75) is 12.8 Å². The molecule has 0 atom stereocenters. The van der Waals surface area contributed by atoms with Gasteiger partial charge in [-0.2, -0.15) is 0 Å². The maximum atomic E-state index is 12.1. The quantitative estimate of drug-likeness (QED) is 0.711. The molecule has 2 nitrogen and oxygen atoms in total. The van der Waals surface area contributed by atoms with Crippen LogP contribution in [-0.4, -0.2) is 23.8 Å². The number of benzene rings is 1. The van der Waals surface area contributed by atoms with Crippen LogP contribution in [0.3, 0.4) is 0 Å². The zero-order valence-electron chi connectivity index (χ0n) is 9.53. The van der Waals surface area contributed by atoms with Crippen LogP contribution in [0, 0.1) is 5.92 Å². The average molecular weight is 248 g/mol. The molecule has 3 fully saturated rings. The van der Waals surface area contributed by atoms with Crippen molar-refractivity contribution in [3.05, 3.63) is 40.5 Å². The summed E-state index contributed by atoms with van der Waals surface area (Å²) in [6.45, 7) is 2.05. The van der Waals surface area contributed by atoms with E-state index in [4.69, 9.17) is 11.6 Å². The minimum atomic E-state index is 0.263. The third-order valence-corrected chi connectivity index (χ3v) is 3.88. The van der Waals surface area contributed by atoms with E-state index < -0.39 is 0 Å². The highest BCUT2D eigenvalue weighted by atomic mass is 35.5. The standard InChI is InChI=1S/C14H14ClNO/c15-12-3-1-10(2-4-12)9-13-14(17)11-5-7-16(13)8-6-11/h1-4,9,11H,5-8H2. The van der Waals surface area contributed by atoms with Gasteiger partial charge in [-0.05, 0) is 36.6 Å². The van der Waals surface area contributed by atoms with Crippen molar-refractivity contribution in [2.75, 3.05) is 13.1 Å². The molecule has 0 spiro atoms. The molecule has 17 heavy (non-hydrogen) atoms. The Morgan fingerprint density at radius 3 is 2.41 bits per heavy atom. The van der Waals surface area contributed by atoms with Gasteiger partial charge in [0.1, 0.15) is 0 Å². The fourth-order valence-electron chi connectivity index (χ4n) is 2.63. The molecule has 0 N–H and O–H groups in total. The molecule has 1 aromatic carbocycles. The number of ketones is 1. The predicted molar refractivity (Wildman–Crippen MR) is 68.7 cm³/mol. The van der Waals surface area contributed by atoms with Crippen LogP contribution in [0.2, 0.25) is 5.02 Å². The van der Waals surface area contributed by atoms with E-state index >= 15 is 0 Å². The summed E-state index contributed by atoms with van der Waals surface area (Å²) < 4.78 is 0. The average Bonchev–Trinajstić information content (AvgIpc) is 2.37. The number of hydrogen-bond acceptors (Lipinski definition) is 2. The molecule has 0 aromatic heterocycles. The zero-order chi connectivity index (χ0) is 11.8. The number of halogens is 1. The second kappa shape index (κ2) is 4.19. The van der Waals surface area contributed by atoms with Crippen molar-refractivity contribution in [3.63, 3.8) is 0 Å². The van der Waals surface area contributed by atoms with Crippen LogP contribution < -0.4 is 0 Å². The summed E-state index contributed by atoms with van der Waals surface area (Å²) in [4.78, 5) is 14.3. The molecule has 0 unspecified atom stereocenters. The minimum Gasteiger partial charge on any atom is -0.369 e. The first-order chi connectivity index (χ1) is 8.24. The van der Waals surface area contributed by atoms with E-state index in [2.05, 4.69) is 4.90 Å². The van der Waals surface area contributed by atoms with E-state index in [1.54, 1.807) is 0 Å². The summed E-state index contributed by atoms with van der Waals surface area (Å²) in [5, 5.41) is 0.726. The minimum absolute atomic E-state index is 0.263. The first-order valence-electron chi connectivity index (χ1n) is 6.00. The fourth-order valence-corrected chi connectivity index (χ4v) is 2.75. The number of allylic oxidation sites excluding steroid dienone is 1. The Balaban J connectivity index is 1.93. The topological polar surface area (TPSA) is 20.3 Å². The Morgan fingerprint density at radius 2 is 1.82 bits per heavy atom. The molecule has 3 saturated heterocycles. The summed E-state index contributed by atoms with van der Waals surface area (Å²) in [5.74, 6) is 0.580. The van der Waals surface area contributed by atoms with E-state index in [1.807, 2.05) is 30.3 Å². The molecular formula is C14H14ClNO. The number of fused-ring (bicyclic) bond motifs is 3. The van der Waals surface area contributed by atoms with Crippen LogP contribution in [0.1, 0.15) is 18.4 Å². The third kappa shape index (κ3) is 1.98. The van der Waals surface area contributed by atoms with E-state index in [9.17, 15) is 4.79 Å². The Labute approximate surface area is 106 Å². The molecule has 3 aliphatic rings. The summed E-state index contributed by atoms with van der Waals surface area (Å²) in [7, 11) is 0. The fraction of sp³-hybridized carbons (Fsp3) is 0.357. The SMILES string of the molecule is O=C1C(=Cc2ccc(Cl)cc2)N2CCC1CC2. The lowest BCUT2D eigenvalue weighted by Gasteiger charge is -2.41. The highest BCUT2D eigenvalue weighted by molar-refractivity contribution is 6.30. The van der Waals surface area contributed by atoms with Crippen LogP contribution >= 0.6 is 11.6 Å². The van der Waals surface area contributed by atoms with Crippen molar-refractivity contribution in [1.82, 2.24) is 4.90 Å². The molecule has 0 amide bonds. The van der Waals surface area contributed by atoms with Gasteiger partial charge in [-0.15, -0.1) is 0 Å². The number of carbonyl (C=O) groups is 1. The van der Waals surface area contributed by atoms with Gasteiger partial charge in [0.2, 0.25) is 0 Å². The van der Waals surface area contributed by atoms with Gasteiger partial charge >= 0.3 is 0 Å². The molecule has 4 rings (SSSR count). The number of piperidine rings is 3. The molecule has 1 aromatic rings. The Morgan fingerprint density at radius 1 is 1.18 bits per heavy atom. The lowest BCUT2D eigenvalue weighted by molar-refractivity contribution is -0.125. The molecular weight excluding hydrogens is 234 g/mol. The van der Waals surface area contributed by atoms with Gasteiger partial charge in [-0.1, -0.05) is 23.7 Å². The molecule has 0 aliphatic carbocycles. The summed E-state index contributed by atoms with van der Waals surface area (Å²) in [6, 6.07) is 7.61. The maximum absolute atomic E-state index is 12.1. The van der Waals surface area contributed by atoms with Crippen molar-refractivity contribution in [1.29, 1.82) is 0 Å². The van der Waals surface area contributed by atoms with Crippen LogP contribution in [0.4, 0.5) is 0 Å². The predicted octanol–water partition coefficient (Wildman–Crippen LogP) is 2.98. The summed E-state index contributed by atoms with van der Waals surface area (Å²) in [6.07, 6.45) is 4.04. The van der Waals surface area contributed by atoms with Crippen LogP contribution in [-0.2, 0) is 4.79 Å². The van der Waals surface area contributed by atoms with Crippen LogP contribution in [0.5, 0.6) is 0 Å². The van der Waals surface area contributed by atoms with Gasteiger partial charge in [0, 0.05) is 24.0 Å². The zero-order valence-corrected chi connectivity index (χ0v) is 10.3. The summed E-state index contributed by atoms with van der Waals surface area (Å²) >= 11 is 5.85. The normalized spacial score (nSPS) is 22.5. The van der Waals surface area contributed by atoms with Gasteiger partial charge in [-0.3, -0.25) is 4.79 Å². The first-order valence-corrected chi connectivity index (χ1v) is 6.38. The molecule has 0 saturated carbocycles. The van der Waals surface area contributed by atoms with Gasteiger partial charge in [-0.25, -0.2) is 0 Å². The first kappa shape index (κ1) is 10.8.